The van der Waals surface area contributed by atoms with E-state index in [-0.39, 0.29) is 23.1 Å². The van der Waals surface area contributed by atoms with E-state index in [4.69, 9.17) is 16.7 Å². The number of halogens is 1. The van der Waals surface area contributed by atoms with Gasteiger partial charge in [-0.2, -0.15) is 0 Å². The molecular weight excluding hydrogens is 290 g/mol. The van der Waals surface area contributed by atoms with Gasteiger partial charge in [-0.15, -0.1) is 0 Å². The second kappa shape index (κ2) is 5.38. The summed E-state index contributed by atoms with van der Waals surface area (Å²) in [4.78, 5) is 11.1. The molecule has 1 aromatic carbocycles. The van der Waals surface area contributed by atoms with Gasteiger partial charge in [0, 0.05) is 11.1 Å². The second-order valence-corrected chi connectivity index (χ2v) is 7.26. The molecule has 1 fully saturated rings. The third-order valence-corrected chi connectivity index (χ3v) is 5.09. The molecule has 1 aliphatic rings. The molecule has 1 aliphatic heterocycles. The molecule has 2 rings (SSSR count). The highest BCUT2D eigenvalue weighted by Crippen LogP contribution is 2.24. The molecule has 1 aromatic rings. The normalized spacial score (nSPS) is 21.8. The van der Waals surface area contributed by atoms with Crippen molar-refractivity contribution in [1.82, 2.24) is 0 Å². The van der Waals surface area contributed by atoms with E-state index < -0.39 is 15.8 Å². The summed E-state index contributed by atoms with van der Waals surface area (Å²) in [6.45, 7) is 0. The first-order chi connectivity index (χ1) is 8.87. The van der Waals surface area contributed by atoms with Gasteiger partial charge in [0.2, 0.25) is 0 Å². The molecule has 1 saturated heterocycles. The van der Waals surface area contributed by atoms with Gasteiger partial charge < -0.3 is 10.4 Å². The minimum Gasteiger partial charge on any atom is -0.478 e. The average Bonchev–Trinajstić information content (AvgIpc) is 2.27. The van der Waals surface area contributed by atoms with Gasteiger partial charge in [0.15, 0.2) is 9.84 Å². The van der Waals surface area contributed by atoms with Gasteiger partial charge in [-0.25, -0.2) is 13.2 Å². The highest BCUT2D eigenvalue weighted by molar-refractivity contribution is 7.91. The van der Waals surface area contributed by atoms with Crippen molar-refractivity contribution in [1.29, 1.82) is 0 Å². The SMILES string of the molecule is O=C(O)c1ccc(Cl)cc1NC1CCCS(=O)(=O)C1. The molecule has 2 N–H and O–H groups in total. The average molecular weight is 304 g/mol. The fraction of sp³-hybridized carbons (Fsp3) is 0.417. The number of hydrogen-bond acceptors (Lipinski definition) is 4. The first-order valence-corrected chi connectivity index (χ1v) is 8.07. The van der Waals surface area contributed by atoms with Crippen LogP contribution in [0.1, 0.15) is 23.2 Å². The van der Waals surface area contributed by atoms with Crippen molar-refractivity contribution in [2.75, 3.05) is 16.8 Å². The lowest BCUT2D eigenvalue weighted by molar-refractivity contribution is 0.0698. The van der Waals surface area contributed by atoms with Crippen LogP contribution in [0.5, 0.6) is 0 Å². The Kier molecular flexibility index (Phi) is 4.01. The number of sulfone groups is 1. The molecule has 5 nitrogen and oxygen atoms in total. The van der Waals surface area contributed by atoms with Crippen LogP contribution in [0.4, 0.5) is 5.69 Å². The number of anilines is 1. The highest BCUT2D eigenvalue weighted by atomic mass is 35.5. The molecule has 0 aliphatic carbocycles. The summed E-state index contributed by atoms with van der Waals surface area (Å²) < 4.78 is 23.1. The summed E-state index contributed by atoms with van der Waals surface area (Å²) >= 11 is 5.84. The van der Waals surface area contributed by atoms with Crippen LogP contribution in [0, 0.1) is 0 Å². The number of aromatic carboxylic acids is 1. The Morgan fingerprint density at radius 1 is 1.42 bits per heavy atom. The van der Waals surface area contributed by atoms with E-state index in [0.29, 0.717) is 23.6 Å². The molecule has 0 amide bonds. The zero-order valence-electron chi connectivity index (χ0n) is 10.1. The van der Waals surface area contributed by atoms with E-state index in [9.17, 15) is 13.2 Å². The van der Waals surface area contributed by atoms with Crippen LogP contribution in [0.3, 0.4) is 0 Å². The number of hydrogen-bond donors (Lipinski definition) is 2. The Bertz CT molecular complexity index is 600. The van der Waals surface area contributed by atoms with E-state index in [1.807, 2.05) is 0 Å². The fourth-order valence-electron chi connectivity index (χ4n) is 2.18. The molecule has 1 heterocycles. The summed E-state index contributed by atoms with van der Waals surface area (Å²) in [6, 6.07) is 4.14. The smallest absolute Gasteiger partial charge is 0.337 e. The van der Waals surface area contributed by atoms with Crippen molar-refractivity contribution in [2.45, 2.75) is 18.9 Å². The van der Waals surface area contributed by atoms with Crippen molar-refractivity contribution < 1.29 is 18.3 Å². The van der Waals surface area contributed by atoms with Crippen molar-refractivity contribution in [2.24, 2.45) is 0 Å². The molecule has 19 heavy (non-hydrogen) atoms. The summed E-state index contributed by atoms with van der Waals surface area (Å²) in [5, 5.41) is 12.5. The molecule has 0 spiro atoms. The van der Waals surface area contributed by atoms with Crippen molar-refractivity contribution in [3.8, 4) is 0 Å². The van der Waals surface area contributed by atoms with E-state index in [0.717, 1.165) is 0 Å². The maximum absolute atomic E-state index is 11.6. The Hall–Kier alpha value is -1.27. The van der Waals surface area contributed by atoms with Crippen LogP contribution >= 0.6 is 11.6 Å². The molecular formula is C12H14ClNO4S. The van der Waals surface area contributed by atoms with Gasteiger partial charge in [-0.05, 0) is 31.0 Å². The van der Waals surface area contributed by atoms with Crippen LogP contribution in [0.15, 0.2) is 18.2 Å². The Balaban J connectivity index is 2.23. The maximum atomic E-state index is 11.6. The second-order valence-electron chi connectivity index (χ2n) is 4.59. The van der Waals surface area contributed by atoms with E-state index >= 15 is 0 Å². The molecule has 1 unspecified atom stereocenters. The quantitative estimate of drug-likeness (QED) is 0.892. The van der Waals surface area contributed by atoms with Crippen molar-refractivity contribution in [3.05, 3.63) is 28.8 Å². The molecule has 1 atom stereocenters. The molecule has 0 radical (unpaired) electrons. The Morgan fingerprint density at radius 3 is 2.79 bits per heavy atom. The lowest BCUT2D eigenvalue weighted by Gasteiger charge is -2.24. The third kappa shape index (κ3) is 3.61. The predicted octanol–water partition coefficient (Wildman–Crippen LogP) is 2.03. The van der Waals surface area contributed by atoms with Gasteiger partial charge >= 0.3 is 5.97 Å². The van der Waals surface area contributed by atoms with Gasteiger partial charge in [-0.1, -0.05) is 11.6 Å². The predicted molar refractivity (Wildman–Crippen MR) is 73.7 cm³/mol. The van der Waals surface area contributed by atoms with Gasteiger partial charge in [0.25, 0.3) is 0 Å². The minimum absolute atomic E-state index is 0.0264. The summed E-state index contributed by atoms with van der Waals surface area (Å²) in [5.74, 6) is -0.844. The number of nitrogens with one attached hydrogen (secondary N) is 1. The monoisotopic (exact) mass is 303 g/mol. The van der Waals surface area contributed by atoms with Crippen LogP contribution in [0.2, 0.25) is 5.02 Å². The summed E-state index contributed by atoms with van der Waals surface area (Å²) in [5.41, 5.74) is 0.453. The largest absolute Gasteiger partial charge is 0.478 e. The fourth-order valence-corrected chi connectivity index (χ4v) is 3.99. The lowest BCUT2D eigenvalue weighted by Crippen LogP contribution is -2.35. The number of benzene rings is 1. The van der Waals surface area contributed by atoms with Gasteiger partial charge in [-0.3, -0.25) is 0 Å². The zero-order valence-corrected chi connectivity index (χ0v) is 11.7. The molecule has 0 bridgehead atoms. The number of rotatable bonds is 3. The van der Waals surface area contributed by atoms with E-state index in [1.54, 1.807) is 0 Å². The van der Waals surface area contributed by atoms with Crippen LogP contribution in [-0.4, -0.2) is 37.0 Å². The third-order valence-electron chi connectivity index (χ3n) is 3.03. The number of carboxylic acid groups (broad SMARTS) is 1. The molecule has 0 saturated carbocycles. The topological polar surface area (TPSA) is 83.5 Å². The molecule has 104 valence electrons. The lowest BCUT2D eigenvalue weighted by atomic mass is 10.1. The van der Waals surface area contributed by atoms with E-state index in [2.05, 4.69) is 5.32 Å². The minimum atomic E-state index is -3.04. The first-order valence-electron chi connectivity index (χ1n) is 5.87. The van der Waals surface area contributed by atoms with Gasteiger partial charge in [0.1, 0.15) is 0 Å². The summed E-state index contributed by atoms with van der Waals surface area (Å²) in [6.07, 6.45) is 1.29. The van der Waals surface area contributed by atoms with Crippen LogP contribution in [-0.2, 0) is 9.84 Å². The van der Waals surface area contributed by atoms with E-state index in [1.165, 1.54) is 18.2 Å². The Labute approximate surface area is 116 Å². The number of carbonyl (C=O) groups is 1. The maximum Gasteiger partial charge on any atom is 0.337 e. The molecule has 0 aromatic heterocycles. The Morgan fingerprint density at radius 2 is 2.16 bits per heavy atom. The van der Waals surface area contributed by atoms with Crippen molar-refractivity contribution >= 4 is 33.1 Å². The zero-order chi connectivity index (χ0) is 14.0. The summed E-state index contributed by atoms with van der Waals surface area (Å²) in [7, 11) is -3.04. The van der Waals surface area contributed by atoms with Crippen molar-refractivity contribution in [3.63, 3.8) is 0 Å². The highest BCUT2D eigenvalue weighted by Gasteiger charge is 2.25. The van der Waals surface area contributed by atoms with Gasteiger partial charge in [0.05, 0.1) is 22.8 Å². The molecule has 7 heteroatoms. The first kappa shape index (κ1) is 14.1. The standard InChI is InChI=1S/C12H14ClNO4S/c13-8-3-4-10(12(15)16)11(6-8)14-9-2-1-5-19(17,18)7-9/h3-4,6,9,14H,1-2,5,7H2,(H,15,16). The number of carboxylic acids is 1. The van der Waals surface area contributed by atoms with Crippen LogP contribution < -0.4 is 5.32 Å². The van der Waals surface area contributed by atoms with Crippen LogP contribution in [0.25, 0.3) is 0 Å².